The zero-order valence-electron chi connectivity index (χ0n) is 73.5. The molecule has 37 nitrogen and oxygen atoms in total. The number of rotatable bonds is 28. The molecule has 0 atom stereocenters. The number of morpholine rings is 4. The number of ether oxygens (including phenoxy) is 9. The third-order valence-electron chi connectivity index (χ3n) is 18.0. The Morgan fingerprint density at radius 1 is 0.472 bits per heavy atom. The maximum absolute atomic E-state index is 12.8. The van der Waals surface area contributed by atoms with Crippen LogP contribution in [0, 0.1) is 13.8 Å². The molecule has 0 bridgehead atoms. The largest absolute Gasteiger partial charge is 0.497 e. The summed E-state index contributed by atoms with van der Waals surface area (Å²) < 4.78 is 46.8. The second-order valence-corrected chi connectivity index (χ2v) is 30.2. The van der Waals surface area contributed by atoms with Crippen LogP contribution in [0.5, 0.6) is 5.75 Å². The number of nitrogen functional groups attached to an aromatic ring is 1. The summed E-state index contributed by atoms with van der Waals surface area (Å²) in [6, 6.07) is 23.0. The summed E-state index contributed by atoms with van der Waals surface area (Å²) in [5.74, 6) is 3.64. The highest BCUT2D eigenvalue weighted by Gasteiger charge is 2.27. The third-order valence-corrected chi connectivity index (χ3v) is 20.4. The minimum Gasteiger partial charge on any atom is -0.497 e. The van der Waals surface area contributed by atoms with Crippen molar-refractivity contribution < 1.29 is 66.6 Å². The zero-order valence-corrected chi connectivity index (χ0v) is 78.2. The number of nitrogens with two attached hydrogens (primary N) is 3. The number of anilines is 11. The number of nitrogens with one attached hydrogen (secondary N) is 3. The molecule has 0 saturated carbocycles. The number of aromatic nitrogens is 12. The topological polar surface area (TPSA) is 453 Å². The molecule has 684 valence electrons. The van der Waals surface area contributed by atoms with Crippen molar-refractivity contribution in [1.29, 1.82) is 0 Å². The first-order chi connectivity index (χ1) is 61.6. The number of carbonyl (C=O) groups is 5. The van der Waals surface area contributed by atoms with Crippen LogP contribution in [0.1, 0.15) is 97.5 Å². The molecule has 8 aromatic heterocycles. The van der Waals surface area contributed by atoms with E-state index in [1.165, 1.54) is 47.0 Å². The van der Waals surface area contributed by atoms with Gasteiger partial charge in [0, 0.05) is 85.6 Å². The summed E-state index contributed by atoms with van der Waals surface area (Å²) in [6.07, 6.45) is 18.6. The van der Waals surface area contributed by atoms with Crippen molar-refractivity contribution in [3.8, 4) is 5.75 Å². The molecule has 43 heteroatoms. The van der Waals surface area contributed by atoms with E-state index >= 15 is 0 Å². The second-order valence-electron chi connectivity index (χ2n) is 26.7. The van der Waals surface area contributed by atoms with Gasteiger partial charge in [-0.25, -0.2) is 84.2 Å². The SMILES string of the molecule is CCOC(=O)c1c(/C=C/N(C)C)nc(SC)nc1Nc1ccc(N2CCOCC2)nc1.CCOC(=O)c1c(C)nc(SC)nc1Cl.CCOC(=O)c1c(C)nc(SC)nc1Nc1ccc(N2CCOCC2)nc1.CCOC(=O)c1c(CC=O)nc(SC)nc1Nc1ccc(N2CCOCC2)nc1.COc1ccc(CN)cc1.NCl.Nc1ccc(N2CCOCC2)nc1. The first-order valence-electron chi connectivity index (χ1n) is 40.3. The molecule has 4 aliphatic rings. The van der Waals surface area contributed by atoms with Crippen molar-refractivity contribution in [3.05, 3.63) is 160 Å². The predicted molar refractivity (Wildman–Crippen MR) is 500 cm³/mol. The standard InChI is InChI=1S/C21H28N6O3S.C19H23N5O4S.C18H23N5O3S.C9H11ClN2O2S.C9H13N3O.C8H11NO.ClH2N/c1-5-30-20(28)18-16(8-9-26(2)3)24-21(31-4)25-19(18)23-15-6-7-17(22-14-15)27-10-12-29-13-11-27;1-3-28-18(26)16-14(6-9-25)22-19(29-2)23-17(16)21-13-4-5-15(20-12-13)24-7-10-27-11-8-24;1-4-26-17(24)15-12(2)20-18(27-3)22-16(15)21-13-5-6-14(19-11-13)23-7-9-25-10-8-23;1-4-14-8(13)6-5(2)11-9(15-3)12-7(6)10;10-8-1-2-9(11-7-8)12-3-5-13-6-4-12;1-10-8-4-2-7(6-9)3-5-8;1-2/h6-9,14H,5,10-13H2,1-4H3,(H,23,24,25);4-5,9,12H,3,6-8,10-11H2,1-2H3,(H,21,22,23);5-6,11H,4,7-10H2,1-3H3,(H,20,21,22);4H2,1-3H3;1-2,7H,3-6,10H2;2-5H,6,9H2,1H3;2H2/b9-8+;;;;;;. The molecule has 0 unspecified atom stereocenters. The Morgan fingerprint density at radius 2 is 0.819 bits per heavy atom. The van der Waals surface area contributed by atoms with E-state index in [-0.39, 0.29) is 48.1 Å². The van der Waals surface area contributed by atoms with Gasteiger partial charge in [-0.05, 0) is 151 Å². The van der Waals surface area contributed by atoms with Crippen molar-refractivity contribution in [1.82, 2.24) is 64.7 Å². The molecule has 1 aromatic carbocycles. The number of esters is 4. The fourth-order valence-corrected chi connectivity index (χ4v) is 13.7. The monoisotopic (exact) mass is 1860 g/mol. The Labute approximate surface area is 767 Å². The van der Waals surface area contributed by atoms with Crippen LogP contribution < -0.4 is 57.0 Å². The first-order valence-corrected chi connectivity index (χ1v) is 46.0. The van der Waals surface area contributed by atoms with E-state index in [1.807, 2.05) is 123 Å². The maximum atomic E-state index is 12.8. The number of hydrogen-bond donors (Lipinski definition) is 6. The molecule has 0 amide bonds. The molecular formula is C84H111Cl2N23O14S4. The van der Waals surface area contributed by atoms with Gasteiger partial charge < -0.3 is 99.3 Å². The molecule has 12 heterocycles. The van der Waals surface area contributed by atoms with Crippen LogP contribution in [0.2, 0.25) is 5.15 Å². The summed E-state index contributed by atoms with van der Waals surface area (Å²) in [5, 5.41) is 15.8. The summed E-state index contributed by atoms with van der Waals surface area (Å²) >= 11 is 15.5. The first kappa shape index (κ1) is 103. The number of pyridine rings is 4. The number of thioether (sulfide) groups is 4. The van der Waals surface area contributed by atoms with Crippen LogP contribution in [0.15, 0.2) is 124 Å². The van der Waals surface area contributed by atoms with Gasteiger partial charge >= 0.3 is 23.9 Å². The quantitative estimate of drug-likeness (QED) is 0.00504. The zero-order chi connectivity index (χ0) is 92.0. The average molecular weight is 1870 g/mol. The Kier molecular flexibility index (Phi) is 45.8. The van der Waals surface area contributed by atoms with Crippen molar-refractivity contribution in [2.75, 3.05) is 219 Å². The lowest BCUT2D eigenvalue weighted by atomic mass is 10.1. The predicted octanol–water partition coefficient (Wildman–Crippen LogP) is 11.7. The third kappa shape index (κ3) is 33.1. The molecule has 4 aliphatic heterocycles. The van der Waals surface area contributed by atoms with Gasteiger partial charge in [0.25, 0.3) is 0 Å². The minimum absolute atomic E-state index is 0.00682. The Morgan fingerprint density at radius 3 is 1.17 bits per heavy atom. The van der Waals surface area contributed by atoms with Gasteiger partial charge in [0.15, 0.2) is 20.6 Å². The maximum Gasteiger partial charge on any atom is 0.344 e. The molecule has 127 heavy (non-hydrogen) atoms. The van der Waals surface area contributed by atoms with Gasteiger partial charge in [0.2, 0.25) is 0 Å². The second kappa shape index (κ2) is 56.4. The van der Waals surface area contributed by atoms with Crippen molar-refractivity contribution in [2.24, 2.45) is 11.0 Å². The highest BCUT2D eigenvalue weighted by atomic mass is 35.5. The van der Waals surface area contributed by atoms with Gasteiger partial charge in [-0.1, -0.05) is 70.8 Å². The van der Waals surface area contributed by atoms with Crippen molar-refractivity contribution in [3.63, 3.8) is 0 Å². The van der Waals surface area contributed by atoms with Crippen LogP contribution in [0.25, 0.3) is 6.08 Å². The number of carbonyl (C=O) groups excluding carboxylic acids is 5. The van der Waals surface area contributed by atoms with E-state index in [1.54, 1.807) is 79.5 Å². The summed E-state index contributed by atoms with van der Waals surface area (Å²) in [4.78, 5) is 123. The van der Waals surface area contributed by atoms with E-state index in [9.17, 15) is 24.0 Å². The molecule has 13 rings (SSSR count). The Balaban J connectivity index is 0.000000216. The van der Waals surface area contributed by atoms with E-state index in [0.29, 0.717) is 137 Å². The van der Waals surface area contributed by atoms with E-state index in [4.69, 9.17) is 65.7 Å². The van der Waals surface area contributed by atoms with Crippen LogP contribution in [0.3, 0.4) is 0 Å². The van der Waals surface area contributed by atoms with Gasteiger partial charge in [0.1, 0.15) is 80.2 Å². The average Bonchev–Trinajstić information content (AvgIpc) is 0.807. The fraction of sp³-hybridized carbons (Fsp3) is 0.417. The smallest absolute Gasteiger partial charge is 0.344 e. The summed E-state index contributed by atoms with van der Waals surface area (Å²) in [7, 11) is 5.45. The number of nitrogens with zero attached hydrogens (tertiary/aromatic N) is 17. The van der Waals surface area contributed by atoms with Crippen molar-refractivity contribution >= 4 is 170 Å². The lowest BCUT2D eigenvalue weighted by Crippen LogP contribution is -2.36. The number of benzene rings is 1. The summed E-state index contributed by atoms with van der Waals surface area (Å²) in [5.41, 5.74) is 17.9. The number of aryl methyl sites for hydroxylation is 2. The van der Waals surface area contributed by atoms with Gasteiger partial charge in [-0.2, -0.15) is 0 Å². The number of hydrogen-bond acceptors (Lipinski definition) is 41. The van der Waals surface area contributed by atoms with Gasteiger partial charge in [-0.15, -0.1) is 0 Å². The normalized spacial score (nSPS) is 13.3. The fourth-order valence-electron chi connectivity index (χ4n) is 11.8. The van der Waals surface area contributed by atoms with E-state index < -0.39 is 23.9 Å². The minimum atomic E-state index is -0.572. The lowest BCUT2D eigenvalue weighted by Gasteiger charge is -2.27. The molecule has 4 saturated heterocycles. The van der Waals surface area contributed by atoms with Crippen LogP contribution in [-0.2, 0) is 55.7 Å². The highest BCUT2D eigenvalue weighted by molar-refractivity contribution is 7.99. The molecule has 0 radical (unpaired) electrons. The molecule has 0 spiro atoms. The van der Waals surface area contributed by atoms with E-state index in [2.05, 4.69) is 112 Å². The molecule has 4 fully saturated rings. The number of methoxy groups -OCH3 is 1. The van der Waals surface area contributed by atoms with Gasteiger partial charge in [-0.3, -0.25) is 0 Å². The highest BCUT2D eigenvalue weighted by Crippen LogP contribution is 2.32. The molecule has 9 aromatic rings. The molecule has 9 N–H and O–H groups in total. The Bertz CT molecular complexity index is 4870. The summed E-state index contributed by atoms with van der Waals surface area (Å²) in [6.45, 7) is 24.6. The molecule has 0 aliphatic carbocycles. The van der Waals surface area contributed by atoms with Gasteiger partial charge in [0.05, 0.1) is 157 Å². The number of halogens is 2. The number of aldehydes is 1. The van der Waals surface area contributed by atoms with E-state index in [0.717, 1.165) is 112 Å². The van der Waals surface area contributed by atoms with Crippen molar-refractivity contribution in [2.45, 2.75) is 75.1 Å². The van der Waals surface area contributed by atoms with Crippen LogP contribution in [-0.4, -0.2) is 273 Å². The molecular weight excluding hydrogens is 1750 g/mol. The Hall–Kier alpha value is -10.8. The van der Waals surface area contributed by atoms with Crippen LogP contribution >= 0.6 is 70.4 Å². The lowest BCUT2D eigenvalue weighted by molar-refractivity contribution is -0.107. The van der Waals surface area contributed by atoms with Crippen LogP contribution in [0.4, 0.5) is 63.5 Å².